The van der Waals surface area contributed by atoms with Gasteiger partial charge in [0.05, 0.1) is 6.61 Å². The average Bonchev–Trinajstić information content (AvgIpc) is 2.30. The SMILES string of the molecule is COCCCOCC1(CS)CCOCC1. The fraction of sp³-hybridized carbons (Fsp3) is 1.00. The number of ether oxygens (including phenoxy) is 3. The summed E-state index contributed by atoms with van der Waals surface area (Å²) in [6, 6.07) is 0. The fourth-order valence-corrected chi connectivity index (χ4v) is 2.15. The van der Waals surface area contributed by atoms with Crippen LogP contribution in [0.1, 0.15) is 19.3 Å². The molecule has 0 unspecified atom stereocenters. The molecule has 0 amide bonds. The van der Waals surface area contributed by atoms with Crippen LogP contribution in [0.2, 0.25) is 0 Å². The molecule has 0 aromatic heterocycles. The molecule has 0 aromatic rings. The molecule has 1 heterocycles. The first kappa shape index (κ1) is 13.3. The molecule has 1 saturated heterocycles. The van der Waals surface area contributed by atoms with Crippen LogP contribution >= 0.6 is 12.6 Å². The van der Waals surface area contributed by atoms with Crippen molar-refractivity contribution in [2.75, 3.05) is 45.9 Å². The van der Waals surface area contributed by atoms with Crippen LogP contribution in [0, 0.1) is 5.41 Å². The predicted octanol–water partition coefficient (Wildman–Crippen LogP) is 1.77. The molecule has 0 saturated carbocycles. The van der Waals surface area contributed by atoms with Crippen molar-refractivity contribution >= 4 is 12.6 Å². The minimum absolute atomic E-state index is 0.244. The van der Waals surface area contributed by atoms with Gasteiger partial charge in [0.15, 0.2) is 0 Å². The summed E-state index contributed by atoms with van der Waals surface area (Å²) in [6.45, 7) is 4.06. The van der Waals surface area contributed by atoms with Crippen LogP contribution in [0.3, 0.4) is 0 Å². The molecular weight excluding hydrogens is 212 g/mol. The summed E-state index contributed by atoms with van der Waals surface area (Å²) in [5.74, 6) is 0.890. The zero-order valence-electron chi connectivity index (χ0n) is 9.54. The maximum absolute atomic E-state index is 5.68. The van der Waals surface area contributed by atoms with Crippen molar-refractivity contribution in [2.45, 2.75) is 19.3 Å². The summed E-state index contributed by atoms with van der Waals surface area (Å²) in [5.41, 5.74) is 0.244. The van der Waals surface area contributed by atoms with Gasteiger partial charge in [0, 0.05) is 39.0 Å². The van der Waals surface area contributed by atoms with E-state index < -0.39 is 0 Å². The molecule has 0 aliphatic carbocycles. The zero-order valence-corrected chi connectivity index (χ0v) is 10.4. The van der Waals surface area contributed by atoms with E-state index in [9.17, 15) is 0 Å². The molecule has 3 nitrogen and oxygen atoms in total. The summed E-state index contributed by atoms with van der Waals surface area (Å²) in [7, 11) is 1.72. The Morgan fingerprint density at radius 3 is 2.60 bits per heavy atom. The molecule has 0 bridgehead atoms. The number of rotatable bonds is 7. The Balaban J connectivity index is 2.15. The average molecular weight is 234 g/mol. The Hall–Kier alpha value is 0.230. The standard InChI is InChI=1S/C11H22O3S/c1-12-5-2-6-14-9-11(10-15)3-7-13-8-4-11/h15H,2-10H2,1H3. The number of methoxy groups -OCH3 is 1. The minimum Gasteiger partial charge on any atom is -0.385 e. The monoisotopic (exact) mass is 234 g/mol. The maximum Gasteiger partial charge on any atom is 0.0531 e. The second-order valence-corrected chi connectivity index (χ2v) is 4.49. The first-order valence-corrected chi connectivity index (χ1v) is 6.21. The van der Waals surface area contributed by atoms with Gasteiger partial charge in [0.2, 0.25) is 0 Å². The Morgan fingerprint density at radius 1 is 1.27 bits per heavy atom. The third-order valence-electron chi connectivity index (χ3n) is 2.93. The summed E-state index contributed by atoms with van der Waals surface area (Å²) >= 11 is 4.43. The van der Waals surface area contributed by atoms with E-state index in [4.69, 9.17) is 14.2 Å². The van der Waals surface area contributed by atoms with Crippen molar-refractivity contribution in [3.8, 4) is 0 Å². The molecule has 0 spiro atoms. The molecule has 0 N–H and O–H groups in total. The highest BCUT2D eigenvalue weighted by Crippen LogP contribution is 2.31. The quantitative estimate of drug-likeness (QED) is 0.537. The summed E-state index contributed by atoms with van der Waals surface area (Å²) in [5, 5.41) is 0. The van der Waals surface area contributed by atoms with Crippen LogP contribution in [0.15, 0.2) is 0 Å². The zero-order chi connectivity index (χ0) is 11.0. The molecule has 1 aliphatic rings. The highest BCUT2D eigenvalue weighted by atomic mass is 32.1. The first-order valence-electron chi connectivity index (χ1n) is 5.58. The molecule has 1 rings (SSSR count). The number of hydrogen-bond donors (Lipinski definition) is 1. The molecule has 15 heavy (non-hydrogen) atoms. The number of hydrogen-bond acceptors (Lipinski definition) is 4. The van der Waals surface area contributed by atoms with Crippen molar-refractivity contribution in [1.82, 2.24) is 0 Å². The Kier molecular flexibility index (Phi) is 6.64. The van der Waals surface area contributed by atoms with Crippen molar-refractivity contribution in [2.24, 2.45) is 5.41 Å². The molecule has 90 valence electrons. The third-order valence-corrected chi connectivity index (χ3v) is 3.61. The van der Waals surface area contributed by atoms with E-state index in [1.807, 2.05) is 0 Å². The van der Waals surface area contributed by atoms with Crippen molar-refractivity contribution < 1.29 is 14.2 Å². The van der Waals surface area contributed by atoms with E-state index in [0.717, 1.165) is 58.0 Å². The lowest BCUT2D eigenvalue weighted by Crippen LogP contribution is -2.36. The van der Waals surface area contributed by atoms with Gasteiger partial charge in [0.25, 0.3) is 0 Å². The fourth-order valence-electron chi connectivity index (χ4n) is 1.75. The van der Waals surface area contributed by atoms with E-state index in [-0.39, 0.29) is 5.41 Å². The van der Waals surface area contributed by atoms with E-state index in [2.05, 4.69) is 12.6 Å². The highest BCUT2D eigenvalue weighted by molar-refractivity contribution is 7.80. The van der Waals surface area contributed by atoms with Crippen molar-refractivity contribution in [1.29, 1.82) is 0 Å². The van der Waals surface area contributed by atoms with Gasteiger partial charge in [-0.25, -0.2) is 0 Å². The van der Waals surface area contributed by atoms with E-state index in [0.29, 0.717) is 0 Å². The minimum atomic E-state index is 0.244. The van der Waals surface area contributed by atoms with Crippen LogP contribution < -0.4 is 0 Å². The first-order chi connectivity index (χ1) is 7.33. The van der Waals surface area contributed by atoms with Crippen LogP contribution in [0.4, 0.5) is 0 Å². The van der Waals surface area contributed by atoms with Crippen LogP contribution in [-0.4, -0.2) is 45.9 Å². The molecule has 0 aromatic carbocycles. The lowest BCUT2D eigenvalue weighted by atomic mass is 9.83. The van der Waals surface area contributed by atoms with E-state index in [1.54, 1.807) is 7.11 Å². The summed E-state index contributed by atoms with van der Waals surface area (Å²) in [4.78, 5) is 0. The molecule has 1 fully saturated rings. The van der Waals surface area contributed by atoms with Gasteiger partial charge in [-0.2, -0.15) is 12.6 Å². The van der Waals surface area contributed by atoms with E-state index >= 15 is 0 Å². The van der Waals surface area contributed by atoms with Gasteiger partial charge in [-0.05, 0) is 25.0 Å². The van der Waals surface area contributed by atoms with Gasteiger partial charge < -0.3 is 14.2 Å². The molecule has 0 radical (unpaired) electrons. The van der Waals surface area contributed by atoms with Gasteiger partial charge in [-0.15, -0.1) is 0 Å². The van der Waals surface area contributed by atoms with Gasteiger partial charge in [-0.1, -0.05) is 0 Å². The van der Waals surface area contributed by atoms with Crippen molar-refractivity contribution in [3.05, 3.63) is 0 Å². The largest absolute Gasteiger partial charge is 0.385 e. The van der Waals surface area contributed by atoms with Crippen LogP contribution in [-0.2, 0) is 14.2 Å². The lowest BCUT2D eigenvalue weighted by Gasteiger charge is -2.35. The van der Waals surface area contributed by atoms with Gasteiger partial charge in [-0.3, -0.25) is 0 Å². The van der Waals surface area contributed by atoms with Crippen LogP contribution in [0.25, 0.3) is 0 Å². The predicted molar refractivity (Wildman–Crippen MR) is 63.7 cm³/mol. The third kappa shape index (κ3) is 4.72. The topological polar surface area (TPSA) is 27.7 Å². The van der Waals surface area contributed by atoms with E-state index in [1.165, 1.54) is 0 Å². The normalized spacial score (nSPS) is 20.4. The lowest BCUT2D eigenvalue weighted by molar-refractivity contribution is -0.0296. The number of thiol groups is 1. The second-order valence-electron chi connectivity index (χ2n) is 4.17. The highest BCUT2D eigenvalue weighted by Gasteiger charge is 2.31. The van der Waals surface area contributed by atoms with Gasteiger partial charge >= 0.3 is 0 Å². The maximum atomic E-state index is 5.68. The van der Waals surface area contributed by atoms with Gasteiger partial charge in [0.1, 0.15) is 0 Å². The molecular formula is C11H22O3S. The Labute approximate surface area is 97.9 Å². The molecule has 0 atom stereocenters. The van der Waals surface area contributed by atoms with Crippen LogP contribution in [0.5, 0.6) is 0 Å². The smallest absolute Gasteiger partial charge is 0.0531 e. The van der Waals surface area contributed by atoms with Crippen molar-refractivity contribution in [3.63, 3.8) is 0 Å². The Bertz CT molecular complexity index is 158. The molecule has 4 heteroatoms. The molecule has 1 aliphatic heterocycles. The summed E-state index contributed by atoms with van der Waals surface area (Å²) in [6.07, 6.45) is 3.11. The summed E-state index contributed by atoms with van der Waals surface area (Å²) < 4.78 is 16.0. The second kappa shape index (κ2) is 7.49. The Morgan fingerprint density at radius 2 is 2.00 bits per heavy atom.